The van der Waals surface area contributed by atoms with Crippen molar-refractivity contribution in [1.82, 2.24) is 9.80 Å². The molecular formula is C19H24N2O2S. The van der Waals surface area contributed by atoms with Gasteiger partial charge in [0.05, 0.1) is 10.8 Å². The lowest BCUT2D eigenvalue weighted by atomic mass is 10.2. The van der Waals surface area contributed by atoms with Crippen molar-refractivity contribution in [2.24, 2.45) is 0 Å². The Kier molecular flexibility index (Phi) is 6.01. The molecule has 0 saturated carbocycles. The number of phenolic OH excluding ortho intramolecular Hbond substituents is 1. The van der Waals surface area contributed by atoms with Crippen LogP contribution in [0.1, 0.15) is 5.56 Å². The first-order valence-electron chi connectivity index (χ1n) is 8.37. The Morgan fingerprint density at radius 3 is 2.33 bits per heavy atom. The van der Waals surface area contributed by atoms with Crippen molar-refractivity contribution in [2.45, 2.75) is 11.4 Å². The molecule has 0 unspecified atom stereocenters. The number of hydrogen-bond acceptors (Lipinski definition) is 4. The minimum Gasteiger partial charge on any atom is -0.508 e. The molecule has 1 atom stereocenters. The maximum Gasteiger partial charge on any atom is 0.115 e. The molecule has 4 nitrogen and oxygen atoms in total. The second-order valence-corrected chi connectivity index (χ2v) is 7.72. The Hall–Kier alpha value is -1.69. The third kappa shape index (κ3) is 4.90. The van der Waals surface area contributed by atoms with Gasteiger partial charge in [-0.05, 0) is 29.8 Å². The van der Waals surface area contributed by atoms with Crippen LogP contribution in [0.4, 0.5) is 0 Å². The SMILES string of the molecule is O=[S@](CCN1CCN(Cc2cccc(O)c2)CC1)c1ccccc1. The van der Waals surface area contributed by atoms with Crippen LogP contribution in [0.2, 0.25) is 0 Å². The van der Waals surface area contributed by atoms with E-state index in [1.807, 2.05) is 42.5 Å². The van der Waals surface area contributed by atoms with E-state index in [1.165, 1.54) is 0 Å². The number of phenols is 1. The van der Waals surface area contributed by atoms with Crippen molar-refractivity contribution in [2.75, 3.05) is 38.5 Å². The number of nitrogens with zero attached hydrogens (tertiary/aromatic N) is 2. The summed E-state index contributed by atoms with van der Waals surface area (Å²) in [5.74, 6) is 1.02. The molecule has 1 aliphatic heterocycles. The fourth-order valence-electron chi connectivity index (χ4n) is 2.99. The lowest BCUT2D eigenvalue weighted by Gasteiger charge is -2.34. The van der Waals surface area contributed by atoms with Gasteiger partial charge in [0.2, 0.25) is 0 Å². The summed E-state index contributed by atoms with van der Waals surface area (Å²) in [6.45, 7) is 5.77. The van der Waals surface area contributed by atoms with E-state index >= 15 is 0 Å². The van der Waals surface area contributed by atoms with Gasteiger partial charge in [0.1, 0.15) is 5.75 Å². The molecule has 0 spiro atoms. The van der Waals surface area contributed by atoms with E-state index in [0.29, 0.717) is 11.5 Å². The van der Waals surface area contributed by atoms with E-state index < -0.39 is 10.8 Å². The smallest absolute Gasteiger partial charge is 0.115 e. The second-order valence-electron chi connectivity index (χ2n) is 6.15. The van der Waals surface area contributed by atoms with E-state index in [2.05, 4.69) is 15.9 Å². The highest BCUT2D eigenvalue weighted by Gasteiger charge is 2.17. The predicted octanol–water partition coefficient (Wildman–Crippen LogP) is 2.32. The Balaban J connectivity index is 1.41. The molecule has 3 rings (SSSR count). The number of benzene rings is 2. The molecule has 0 bridgehead atoms. The Labute approximate surface area is 146 Å². The van der Waals surface area contributed by atoms with Crippen LogP contribution in [-0.2, 0) is 17.3 Å². The highest BCUT2D eigenvalue weighted by Crippen LogP contribution is 2.14. The van der Waals surface area contributed by atoms with E-state index in [4.69, 9.17) is 0 Å². The summed E-state index contributed by atoms with van der Waals surface area (Å²) in [5.41, 5.74) is 1.15. The van der Waals surface area contributed by atoms with E-state index in [9.17, 15) is 9.32 Å². The monoisotopic (exact) mass is 344 g/mol. The van der Waals surface area contributed by atoms with Crippen molar-refractivity contribution in [3.8, 4) is 5.75 Å². The summed E-state index contributed by atoms with van der Waals surface area (Å²) < 4.78 is 12.3. The third-order valence-corrected chi connectivity index (χ3v) is 5.73. The van der Waals surface area contributed by atoms with Crippen LogP contribution in [-0.4, -0.2) is 57.6 Å². The maximum atomic E-state index is 12.3. The summed E-state index contributed by atoms with van der Waals surface area (Å²) in [5, 5.41) is 9.54. The maximum absolute atomic E-state index is 12.3. The van der Waals surface area contributed by atoms with E-state index in [-0.39, 0.29) is 0 Å². The molecular weight excluding hydrogens is 320 g/mol. The highest BCUT2D eigenvalue weighted by molar-refractivity contribution is 7.85. The average molecular weight is 344 g/mol. The van der Waals surface area contributed by atoms with E-state index in [1.54, 1.807) is 6.07 Å². The van der Waals surface area contributed by atoms with Gasteiger partial charge in [-0.15, -0.1) is 0 Å². The predicted molar refractivity (Wildman–Crippen MR) is 97.5 cm³/mol. The van der Waals surface area contributed by atoms with Gasteiger partial charge in [0, 0.05) is 49.9 Å². The molecule has 1 heterocycles. The zero-order valence-corrected chi connectivity index (χ0v) is 14.6. The van der Waals surface area contributed by atoms with Gasteiger partial charge in [-0.25, -0.2) is 0 Å². The van der Waals surface area contributed by atoms with Crippen LogP contribution in [0.5, 0.6) is 5.75 Å². The average Bonchev–Trinajstić information content (AvgIpc) is 2.62. The molecule has 128 valence electrons. The van der Waals surface area contributed by atoms with Crippen molar-refractivity contribution in [3.05, 3.63) is 60.2 Å². The van der Waals surface area contributed by atoms with Gasteiger partial charge >= 0.3 is 0 Å². The number of hydrogen-bond donors (Lipinski definition) is 1. The molecule has 0 radical (unpaired) electrons. The summed E-state index contributed by atoms with van der Waals surface area (Å²) >= 11 is 0. The van der Waals surface area contributed by atoms with Gasteiger partial charge in [-0.3, -0.25) is 14.0 Å². The molecule has 2 aromatic carbocycles. The first-order valence-corrected chi connectivity index (χ1v) is 9.68. The number of aromatic hydroxyl groups is 1. The molecule has 1 fully saturated rings. The van der Waals surface area contributed by atoms with Crippen molar-refractivity contribution in [3.63, 3.8) is 0 Å². The highest BCUT2D eigenvalue weighted by atomic mass is 32.2. The minimum absolute atomic E-state index is 0.328. The summed E-state index contributed by atoms with van der Waals surface area (Å²) in [7, 11) is -0.911. The van der Waals surface area contributed by atoms with Crippen molar-refractivity contribution in [1.29, 1.82) is 0 Å². The van der Waals surface area contributed by atoms with Crippen molar-refractivity contribution < 1.29 is 9.32 Å². The zero-order chi connectivity index (χ0) is 16.8. The van der Waals surface area contributed by atoms with Gasteiger partial charge in [-0.1, -0.05) is 30.3 Å². The fourth-order valence-corrected chi connectivity index (χ4v) is 4.11. The van der Waals surface area contributed by atoms with Gasteiger partial charge in [0.25, 0.3) is 0 Å². The van der Waals surface area contributed by atoms with Gasteiger partial charge < -0.3 is 5.11 Å². The second kappa shape index (κ2) is 8.42. The van der Waals surface area contributed by atoms with Crippen LogP contribution >= 0.6 is 0 Å². The largest absolute Gasteiger partial charge is 0.508 e. The molecule has 0 aliphatic carbocycles. The molecule has 0 amide bonds. The van der Waals surface area contributed by atoms with Crippen LogP contribution in [0.25, 0.3) is 0 Å². The summed E-state index contributed by atoms with van der Waals surface area (Å²) in [6.07, 6.45) is 0. The Bertz CT molecular complexity index is 670. The molecule has 1 N–H and O–H groups in total. The first kappa shape index (κ1) is 17.1. The third-order valence-electron chi connectivity index (χ3n) is 4.38. The minimum atomic E-state index is -0.911. The van der Waals surface area contributed by atoms with Crippen LogP contribution < -0.4 is 0 Å². The number of rotatable bonds is 6. The summed E-state index contributed by atoms with van der Waals surface area (Å²) in [6, 6.07) is 17.2. The quantitative estimate of drug-likeness (QED) is 0.873. The molecule has 2 aromatic rings. The van der Waals surface area contributed by atoms with Crippen molar-refractivity contribution >= 4 is 10.8 Å². The molecule has 1 aliphatic rings. The topological polar surface area (TPSA) is 43.8 Å². The molecule has 24 heavy (non-hydrogen) atoms. The van der Waals surface area contributed by atoms with E-state index in [0.717, 1.165) is 49.7 Å². The molecule has 1 saturated heterocycles. The fraction of sp³-hybridized carbons (Fsp3) is 0.368. The summed E-state index contributed by atoms with van der Waals surface area (Å²) in [4.78, 5) is 5.71. The van der Waals surface area contributed by atoms with Crippen LogP contribution in [0, 0.1) is 0 Å². The molecule has 0 aromatic heterocycles. The van der Waals surface area contributed by atoms with Gasteiger partial charge in [0.15, 0.2) is 0 Å². The first-order chi connectivity index (χ1) is 11.7. The zero-order valence-electron chi connectivity index (χ0n) is 13.8. The lowest BCUT2D eigenvalue weighted by molar-refractivity contribution is 0.132. The standard InChI is InChI=1S/C19H24N2O2S/c22-18-6-4-5-17(15-18)16-21-11-9-20(10-12-21)13-14-24(23)19-7-2-1-3-8-19/h1-8,15,22H,9-14,16H2/t24-/m1/s1. The Morgan fingerprint density at radius 1 is 0.917 bits per heavy atom. The Morgan fingerprint density at radius 2 is 1.62 bits per heavy atom. The number of piperazine rings is 1. The van der Waals surface area contributed by atoms with Crippen LogP contribution in [0.15, 0.2) is 59.5 Å². The molecule has 5 heteroatoms. The van der Waals surface area contributed by atoms with Gasteiger partial charge in [-0.2, -0.15) is 0 Å². The van der Waals surface area contributed by atoms with Crippen LogP contribution in [0.3, 0.4) is 0 Å². The lowest BCUT2D eigenvalue weighted by Crippen LogP contribution is -2.46. The normalized spacial score (nSPS) is 17.7.